The minimum atomic E-state index is -0.725. The average molecular weight is 423 g/mol. The number of methoxy groups -OCH3 is 1. The van der Waals surface area contributed by atoms with Gasteiger partial charge in [0.15, 0.2) is 11.5 Å². The van der Waals surface area contributed by atoms with E-state index in [1.807, 2.05) is 0 Å². The van der Waals surface area contributed by atoms with Gasteiger partial charge in [-0.25, -0.2) is 4.79 Å². The van der Waals surface area contributed by atoms with Crippen LogP contribution in [0.15, 0.2) is 57.7 Å². The third-order valence-electron chi connectivity index (χ3n) is 5.00. The molecule has 1 aliphatic rings. The summed E-state index contributed by atoms with van der Waals surface area (Å²) in [5.41, 5.74) is 0.529. The van der Waals surface area contributed by atoms with Gasteiger partial charge in [0.25, 0.3) is 0 Å². The number of rotatable bonds is 6. The normalized spacial score (nSPS) is 13.0. The van der Waals surface area contributed by atoms with Gasteiger partial charge in [0.1, 0.15) is 17.3 Å². The highest BCUT2D eigenvalue weighted by Gasteiger charge is 2.26. The van der Waals surface area contributed by atoms with Crippen molar-refractivity contribution in [2.24, 2.45) is 0 Å². The van der Waals surface area contributed by atoms with Gasteiger partial charge in [-0.15, -0.1) is 0 Å². The number of ether oxygens (including phenoxy) is 3. The number of hydrogen-bond donors (Lipinski definition) is 2. The van der Waals surface area contributed by atoms with Crippen molar-refractivity contribution in [3.63, 3.8) is 0 Å². The van der Waals surface area contributed by atoms with E-state index in [1.54, 1.807) is 56.5 Å². The Morgan fingerprint density at radius 1 is 1.13 bits per heavy atom. The molecule has 0 aliphatic carbocycles. The van der Waals surface area contributed by atoms with E-state index in [0.717, 1.165) is 0 Å². The maximum atomic E-state index is 12.9. The highest BCUT2D eigenvalue weighted by Crippen LogP contribution is 2.36. The van der Waals surface area contributed by atoms with Gasteiger partial charge in [-0.1, -0.05) is 12.1 Å². The Morgan fingerprint density at radius 3 is 2.58 bits per heavy atom. The highest BCUT2D eigenvalue weighted by molar-refractivity contribution is 5.92. The molecule has 160 valence electrons. The number of nitrogens with one attached hydrogen (secondary N) is 1. The molecular formula is C23H21NO7. The zero-order valence-corrected chi connectivity index (χ0v) is 17.0. The lowest BCUT2D eigenvalue weighted by Crippen LogP contribution is -2.21. The Morgan fingerprint density at radius 2 is 1.87 bits per heavy atom. The molecule has 1 amide bonds. The van der Waals surface area contributed by atoms with Gasteiger partial charge >= 0.3 is 5.63 Å². The first-order valence-corrected chi connectivity index (χ1v) is 9.61. The highest BCUT2D eigenvalue weighted by atomic mass is 16.7. The van der Waals surface area contributed by atoms with E-state index in [9.17, 15) is 14.7 Å². The Hall–Kier alpha value is -3.94. The molecule has 0 radical (unpaired) electrons. The van der Waals surface area contributed by atoms with Crippen molar-refractivity contribution in [3.05, 3.63) is 75.8 Å². The number of carbonyl (C=O) groups excluding carboxylic acids is 1. The van der Waals surface area contributed by atoms with Gasteiger partial charge in [-0.2, -0.15) is 0 Å². The summed E-state index contributed by atoms with van der Waals surface area (Å²) in [6, 6.07) is 13.4. The molecule has 1 atom stereocenters. The summed E-state index contributed by atoms with van der Waals surface area (Å²) in [5.74, 6) is 0.774. The number of aromatic hydroxyl groups is 1. The molecule has 2 aromatic carbocycles. The van der Waals surface area contributed by atoms with Crippen LogP contribution in [-0.4, -0.2) is 24.9 Å². The summed E-state index contributed by atoms with van der Waals surface area (Å²) in [4.78, 5) is 25.4. The summed E-state index contributed by atoms with van der Waals surface area (Å²) >= 11 is 0. The molecule has 2 N–H and O–H groups in total. The average Bonchev–Trinajstić information content (AvgIpc) is 3.20. The van der Waals surface area contributed by atoms with Crippen LogP contribution in [0, 0.1) is 6.92 Å². The molecule has 0 saturated heterocycles. The number of anilines is 1. The van der Waals surface area contributed by atoms with Crippen molar-refractivity contribution >= 4 is 11.6 Å². The Balaban J connectivity index is 1.64. The third kappa shape index (κ3) is 4.32. The number of fused-ring (bicyclic) bond motifs is 1. The predicted octanol–water partition coefficient (Wildman–Crippen LogP) is 3.55. The molecule has 0 fully saturated rings. The van der Waals surface area contributed by atoms with E-state index in [1.165, 1.54) is 6.07 Å². The molecule has 3 aromatic rings. The Bertz CT molecular complexity index is 1170. The standard InChI is InChI=1S/C23H21NO7/c1-13-9-18(25)22(23(27)31-13)17(14-3-6-16(28-2)7-4-14)11-21(26)24-15-5-8-19-20(10-15)30-12-29-19/h3-10,17,25H,11-12H2,1-2H3,(H,24,26)/t17-/m0/s1. The lowest BCUT2D eigenvalue weighted by Gasteiger charge is -2.18. The van der Waals surface area contributed by atoms with Gasteiger partial charge in [-0.3, -0.25) is 4.79 Å². The first-order valence-electron chi connectivity index (χ1n) is 9.61. The van der Waals surface area contributed by atoms with Crippen molar-refractivity contribution < 1.29 is 28.5 Å². The minimum Gasteiger partial charge on any atom is -0.507 e. The van der Waals surface area contributed by atoms with Gasteiger partial charge in [0.2, 0.25) is 12.7 Å². The number of aryl methyl sites for hydroxylation is 1. The van der Waals surface area contributed by atoms with Crippen LogP contribution in [0.1, 0.15) is 29.2 Å². The summed E-state index contributed by atoms with van der Waals surface area (Å²) in [6.45, 7) is 1.70. The smallest absolute Gasteiger partial charge is 0.343 e. The quantitative estimate of drug-likeness (QED) is 0.624. The van der Waals surface area contributed by atoms with Gasteiger partial charge < -0.3 is 29.1 Å². The zero-order valence-electron chi connectivity index (χ0n) is 17.0. The van der Waals surface area contributed by atoms with Crippen LogP contribution in [0.25, 0.3) is 0 Å². The van der Waals surface area contributed by atoms with Crippen molar-refractivity contribution in [2.75, 3.05) is 19.2 Å². The monoisotopic (exact) mass is 423 g/mol. The molecule has 0 unspecified atom stereocenters. The molecule has 31 heavy (non-hydrogen) atoms. The van der Waals surface area contributed by atoms with Crippen LogP contribution in [0.4, 0.5) is 5.69 Å². The van der Waals surface area contributed by atoms with E-state index in [2.05, 4.69) is 5.32 Å². The summed E-state index contributed by atoms with van der Waals surface area (Å²) in [6.07, 6.45) is -0.0951. The van der Waals surface area contributed by atoms with Crippen LogP contribution in [0.5, 0.6) is 23.0 Å². The van der Waals surface area contributed by atoms with Crippen LogP contribution >= 0.6 is 0 Å². The molecule has 8 heteroatoms. The fourth-order valence-corrected chi connectivity index (χ4v) is 3.52. The lowest BCUT2D eigenvalue weighted by molar-refractivity contribution is -0.116. The zero-order chi connectivity index (χ0) is 22.0. The summed E-state index contributed by atoms with van der Waals surface area (Å²) in [7, 11) is 1.55. The largest absolute Gasteiger partial charge is 0.507 e. The van der Waals surface area contributed by atoms with Gasteiger partial charge in [0, 0.05) is 30.2 Å². The number of carbonyl (C=O) groups is 1. The first kappa shape index (κ1) is 20.3. The fraction of sp³-hybridized carbons (Fsp3) is 0.217. The molecule has 2 heterocycles. The minimum absolute atomic E-state index is 0.0246. The lowest BCUT2D eigenvalue weighted by atomic mass is 9.88. The second-order valence-corrected chi connectivity index (χ2v) is 7.09. The third-order valence-corrected chi connectivity index (χ3v) is 5.00. The van der Waals surface area contributed by atoms with Crippen LogP contribution < -0.4 is 25.2 Å². The number of benzene rings is 2. The van der Waals surface area contributed by atoms with E-state index in [-0.39, 0.29) is 36.2 Å². The van der Waals surface area contributed by atoms with Crippen molar-refractivity contribution in [2.45, 2.75) is 19.3 Å². The van der Waals surface area contributed by atoms with E-state index >= 15 is 0 Å². The molecular weight excluding hydrogens is 402 g/mol. The fourth-order valence-electron chi connectivity index (χ4n) is 3.52. The van der Waals surface area contributed by atoms with Crippen molar-refractivity contribution in [1.29, 1.82) is 0 Å². The second kappa shape index (κ2) is 8.43. The molecule has 0 spiro atoms. The molecule has 0 saturated carbocycles. The summed E-state index contributed by atoms with van der Waals surface area (Å²) in [5, 5.41) is 13.3. The van der Waals surface area contributed by atoms with Crippen molar-refractivity contribution in [3.8, 4) is 23.0 Å². The molecule has 4 rings (SSSR count). The first-order chi connectivity index (χ1) is 14.9. The van der Waals surface area contributed by atoms with Gasteiger partial charge in [-0.05, 0) is 36.8 Å². The second-order valence-electron chi connectivity index (χ2n) is 7.09. The maximum absolute atomic E-state index is 12.9. The van der Waals surface area contributed by atoms with E-state index < -0.39 is 11.5 Å². The SMILES string of the molecule is COc1ccc([C@H](CC(=O)Nc2ccc3c(c2)OCO3)c2c(O)cc(C)oc2=O)cc1. The molecule has 0 bridgehead atoms. The number of hydrogen-bond acceptors (Lipinski definition) is 7. The van der Waals surface area contributed by atoms with Crippen LogP contribution in [0.2, 0.25) is 0 Å². The van der Waals surface area contributed by atoms with Gasteiger partial charge in [0.05, 0.1) is 12.7 Å². The molecule has 1 aliphatic heterocycles. The predicted molar refractivity (Wildman–Crippen MR) is 112 cm³/mol. The Kier molecular flexibility index (Phi) is 5.53. The van der Waals surface area contributed by atoms with E-state index in [0.29, 0.717) is 28.5 Å². The van der Waals surface area contributed by atoms with Crippen molar-refractivity contribution in [1.82, 2.24) is 0 Å². The molecule has 8 nitrogen and oxygen atoms in total. The summed E-state index contributed by atoms with van der Waals surface area (Å²) < 4.78 is 21.0. The van der Waals surface area contributed by atoms with Crippen LogP contribution in [0.3, 0.4) is 0 Å². The molecule has 1 aromatic heterocycles. The number of amides is 1. The van der Waals surface area contributed by atoms with E-state index in [4.69, 9.17) is 18.6 Å². The van der Waals surface area contributed by atoms with Crippen LogP contribution in [-0.2, 0) is 4.79 Å². The Labute approximate surface area is 178 Å². The topological polar surface area (TPSA) is 107 Å². The maximum Gasteiger partial charge on any atom is 0.343 e.